The van der Waals surface area contributed by atoms with Gasteiger partial charge in [0, 0.05) is 79.9 Å². The van der Waals surface area contributed by atoms with Gasteiger partial charge in [0.2, 0.25) is 0 Å². The third-order valence-corrected chi connectivity index (χ3v) is 7.65. The van der Waals surface area contributed by atoms with E-state index in [2.05, 4.69) is 95.8 Å². The van der Waals surface area contributed by atoms with Gasteiger partial charge in [-0.05, 0) is 42.4 Å². The van der Waals surface area contributed by atoms with Crippen LogP contribution in [0.15, 0.2) is 79.4 Å². The molecular weight excluding hydrogens is 498 g/mol. The number of fused-ring (bicyclic) bond motifs is 2. The molecule has 1 aliphatic rings. The number of H-pyrrole nitrogens is 2. The number of hydrogen-bond donors (Lipinski definition) is 3. The maximum absolute atomic E-state index is 4.71. The van der Waals surface area contributed by atoms with Crippen LogP contribution in [-0.4, -0.2) is 68.3 Å². The number of nitrogens with zero attached hydrogens (tertiary/aromatic N) is 6. The topological polar surface area (TPSA) is 102 Å². The molecule has 0 atom stereocenters. The van der Waals surface area contributed by atoms with Crippen LogP contribution in [0.1, 0.15) is 11.1 Å². The molecule has 1 fully saturated rings. The molecule has 0 aliphatic carbocycles. The molecule has 6 heterocycles. The molecule has 6 aromatic rings. The van der Waals surface area contributed by atoms with Crippen molar-refractivity contribution in [3.63, 3.8) is 0 Å². The summed E-state index contributed by atoms with van der Waals surface area (Å²) in [5.74, 6) is 0. The highest BCUT2D eigenvalue weighted by Gasteiger charge is 2.19. The van der Waals surface area contributed by atoms with Crippen LogP contribution in [0.5, 0.6) is 0 Å². The number of pyridine rings is 3. The Morgan fingerprint density at radius 1 is 0.850 bits per heavy atom. The molecule has 0 radical (unpaired) electrons. The minimum atomic E-state index is 0.729. The third kappa shape index (κ3) is 4.81. The molecule has 3 N–H and O–H groups in total. The quantitative estimate of drug-likeness (QED) is 0.278. The molecule has 0 unspecified atom stereocenters. The Balaban J connectivity index is 1.17. The number of aromatic amines is 2. The molecule has 9 nitrogen and oxygen atoms in total. The van der Waals surface area contributed by atoms with Crippen LogP contribution in [0.25, 0.3) is 44.6 Å². The van der Waals surface area contributed by atoms with E-state index in [-0.39, 0.29) is 0 Å². The predicted octanol–water partition coefficient (Wildman–Crippen LogP) is 4.60. The standard InChI is InChI=1S/C31H31N9/c1-39-9-11-40(12-10-39)29-7-8-34-31-25(29)15-27(36-31)30-24-14-26(35-20-28(24)37-38-30)23-13-22(18-33-19-23)17-32-16-21-5-3-2-4-6-21/h2-8,13-15,18-20,32H,9-12,16-17H2,1H3,(H,34,36)(H,37,38). The number of benzene rings is 1. The summed E-state index contributed by atoms with van der Waals surface area (Å²) >= 11 is 0. The first-order valence-electron chi connectivity index (χ1n) is 13.7. The van der Waals surface area contributed by atoms with E-state index in [9.17, 15) is 0 Å². The highest BCUT2D eigenvalue weighted by Crippen LogP contribution is 2.33. The van der Waals surface area contributed by atoms with Crippen molar-refractivity contribution in [2.24, 2.45) is 0 Å². The summed E-state index contributed by atoms with van der Waals surface area (Å²) in [4.78, 5) is 22.2. The molecule has 1 aliphatic heterocycles. The summed E-state index contributed by atoms with van der Waals surface area (Å²) in [5.41, 5.74) is 8.97. The summed E-state index contributed by atoms with van der Waals surface area (Å²) in [6.07, 6.45) is 7.50. The lowest BCUT2D eigenvalue weighted by atomic mass is 10.1. The van der Waals surface area contributed by atoms with Gasteiger partial charge in [0.1, 0.15) is 11.3 Å². The van der Waals surface area contributed by atoms with E-state index >= 15 is 0 Å². The van der Waals surface area contributed by atoms with Gasteiger partial charge in [-0.3, -0.25) is 15.1 Å². The van der Waals surface area contributed by atoms with Crippen LogP contribution >= 0.6 is 0 Å². The molecule has 7 rings (SSSR count). The second-order valence-corrected chi connectivity index (χ2v) is 10.4. The summed E-state index contributed by atoms with van der Waals surface area (Å²) in [7, 11) is 2.18. The van der Waals surface area contributed by atoms with E-state index in [0.29, 0.717) is 0 Å². The van der Waals surface area contributed by atoms with Gasteiger partial charge in [0.25, 0.3) is 0 Å². The zero-order valence-electron chi connectivity index (χ0n) is 22.4. The fraction of sp³-hybridized carbons (Fsp3) is 0.226. The van der Waals surface area contributed by atoms with Crippen LogP contribution < -0.4 is 10.2 Å². The average Bonchev–Trinajstić information content (AvgIpc) is 3.62. The number of aromatic nitrogens is 6. The Morgan fingerprint density at radius 2 is 1.70 bits per heavy atom. The molecule has 1 saturated heterocycles. The lowest BCUT2D eigenvalue weighted by Gasteiger charge is -2.34. The van der Waals surface area contributed by atoms with Crippen LogP contribution in [0.2, 0.25) is 0 Å². The van der Waals surface area contributed by atoms with Gasteiger partial charge in [-0.25, -0.2) is 4.98 Å². The van der Waals surface area contributed by atoms with E-state index < -0.39 is 0 Å². The van der Waals surface area contributed by atoms with Gasteiger partial charge in [-0.2, -0.15) is 5.10 Å². The minimum absolute atomic E-state index is 0.729. The fourth-order valence-corrected chi connectivity index (χ4v) is 5.41. The first-order chi connectivity index (χ1) is 19.7. The van der Waals surface area contributed by atoms with Crippen LogP contribution in [0, 0.1) is 0 Å². The van der Waals surface area contributed by atoms with Gasteiger partial charge in [0.05, 0.1) is 23.1 Å². The SMILES string of the molecule is CN1CCN(c2ccnc3[nH]c(-c4n[nH]c5cnc(-c6cncc(CNCc7ccccc7)c6)cc45)cc23)CC1. The van der Waals surface area contributed by atoms with E-state index in [4.69, 9.17) is 4.98 Å². The fourth-order valence-electron chi connectivity index (χ4n) is 5.41. The maximum Gasteiger partial charge on any atom is 0.139 e. The first-order valence-corrected chi connectivity index (χ1v) is 13.7. The molecule has 0 spiro atoms. The summed E-state index contributed by atoms with van der Waals surface area (Å²) in [5, 5.41) is 13.4. The maximum atomic E-state index is 4.71. The molecule has 1 aromatic carbocycles. The Hall–Kier alpha value is -4.60. The third-order valence-electron chi connectivity index (χ3n) is 7.65. The molecule has 40 heavy (non-hydrogen) atoms. The summed E-state index contributed by atoms with van der Waals surface area (Å²) < 4.78 is 0. The Kier molecular flexibility index (Phi) is 6.43. The van der Waals surface area contributed by atoms with Crippen molar-refractivity contribution in [2.75, 3.05) is 38.1 Å². The number of hydrogen-bond acceptors (Lipinski definition) is 7. The van der Waals surface area contributed by atoms with Gasteiger partial charge >= 0.3 is 0 Å². The smallest absolute Gasteiger partial charge is 0.139 e. The normalized spacial score (nSPS) is 14.4. The zero-order chi connectivity index (χ0) is 26.9. The lowest BCUT2D eigenvalue weighted by molar-refractivity contribution is 0.313. The molecule has 0 bridgehead atoms. The average molecular weight is 530 g/mol. The Morgan fingerprint density at radius 3 is 2.58 bits per heavy atom. The highest BCUT2D eigenvalue weighted by atomic mass is 15.2. The van der Waals surface area contributed by atoms with Crippen molar-refractivity contribution in [3.8, 4) is 22.6 Å². The van der Waals surface area contributed by atoms with Crippen molar-refractivity contribution in [3.05, 3.63) is 90.5 Å². The number of nitrogens with one attached hydrogen (secondary N) is 3. The molecule has 0 saturated carbocycles. The van der Waals surface area contributed by atoms with E-state index in [1.54, 1.807) is 0 Å². The van der Waals surface area contributed by atoms with Crippen LogP contribution in [0.3, 0.4) is 0 Å². The second kappa shape index (κ2) is 10.5. The zero-order valence-corrected chi connectivity index (χ0v) is 22.4. The summed E-state index contributed by atoms with van der Waals surface area (Å²) in [6.45, 7) is 5.66. The predicted molar refractivity (Wildman–Crippen MR) is 159 cm³/mol. The van der Waals surface area contributed by atoms with E-state index in [1.165, 1.54) is 11.3 Å². The Bertz CT molecular complexity index is 1760. The second-order valence-electron chi connectivity index (χ2n) is 10.4. The molecule has 200 valence electrons. The van der Waals surface area contributed by atoms with Gasteiger partial charge < -0.3 is 20.1 Å². The van der Waals surface area contributed by atoms with Crippen molar-refractivity contribution in [2.45, 2.75) is 13.1 Å². The van der Waals surface area contributed by atoms with Crippen molar-refractivity contribution in [1.82, 2.24) is 40.3 Å². The van der Waals surface area contributed by atoms with E-state index in [1.807, 2.05) is 30.9 Å². The van der Waals surface area contributed by atoms with Crippen molar-refractivity contribution < 1.29 is 0 Å². The number of rotatable bonds is 7. The van der Waals surface area contributed by atoms with E-state index in [0.717, 1.165) is 89.4 Å². The molecule has 9 heteroatoms. The minimum Gasteiger partial charge on any atom is -0.368 e. The number of anilines is 1. The Labute approximate surface area is 232 Å². The largest absolute Gasteiger partial charge is 0.368 e. The molecule has 0 amide bonds. The molecule has 5 aromatic heterocycles. The van der Waals surface area contributed by atoms with Gasteiger partial charge in [-0.1, -0.05) is 30.3 Å². The first kappa shape index (κ1) is 24.4. The highest BCUT2D eigenvalue weighted by molar-refractivity contribution is 5.99. The van der Waals surface area contributed by atoms with Crippen molar-refractivity contribution >= 4 is 27.6 Å². The van der Waals surface area contributed by atoms with Gasteiger partial charge in [-0.15, -0.1) is 0 Å². The lowest BCUT2D eigenvalue weighted by Crippen LogP contribution is -2.44. The summed E-state index contributed by atoms with van der Waals surface area (Å²) in [6, 6.07) is 18.9. The number of piperazine rings is 1. The van der Waals surface area contributed by atoms with Crippen LogP contribution in [0.4, 0.5) is 5.69 Å². The monoisotopic (exact) mass is 529 g/mol. The van der Waals surface area contributed by atoms with Crippen molar-refractivity contribution in [1.29, 1.82) is 0 Å². The van der Waals surface area contributed by atoms with Gasteiger partial charge in [0.15, 0.2) is 0 Å². The van der Waals surface area contributed by atoms with Crippen LogP contribution in [-0.2, 0) is 13.1 Å². The number of likely N-dealkylation sites (N-methyl/N-ethyl adjacent to an activating group) is 1. The molecular formula is C31H31N9.